The number of hydrogen-bond acceptors (Lipinski definition) is 5. The predicted molar refractivity (Wildman–Crippen MR) is 122 cm³/mol. The Kier molecular flexibility index (Phi) is 8.91. The maximum absolute atomic E-state index is 12.5. The topological polar surface area (TPSA) is 111 Å². The lowest BCUT2D eigenvalue weighted by molar-refractivity contribution is -0.923. The van der Waals surface area contributed by atoms with E-state index in [0.29, 0.717) is 58.3 Å². The molecule has 1 aromatic carbocycles. The van der Waals surface area contributed by atoms with Crippen LogP contribution >= 0.6 is 22.9 Å². The van der Waals surface area contributed by atoms with Gasteiger partial charge in [-0.25, -0.2) is 4.79 Å². The number of thiophene rings is 1. The molecule has 1 aliphatic rings. The van der Waals surface area contributed by atoms with Crippen molar-refractivity contribution in [1.29, 1.82) is 0 Å². The second-order valence-corrected chi connectivity index (χ2v) is 9.23. The number of urea groups is 1. The Bertz CT molecular complexity index is 996. The van der Waals surface area contributed by atoms with Gasteiger partial charge in [-0.05, 0) is 36.8 Å². The highest BCUT2D eigenvalue weighted by molar-refractivity contribution is 7.17. The summed E-state index contributed by atoms with van der Waals surface area (Å²) in [5.74, 6) is -0.778. The molecule has 8 nitrogen and oxygen atoms in total. The molecule has 2 heterocycles. The molecule has 1 aliphatic heterocycles. The molecular weight excluding hydrogens is 475 g/mol. The van der Waals surface area contributed by atoms with Gasteiger partial charge in [0, 0.05) is 17.1 Å². The largest absolute Gasteiger partial charge is 1.00 e. The molecule has 0 aliphatic carbocycles. The number of quaternary nitrogens is 1. The molecule has 1 atom stereocenters. The highest BCUT2D eigenvalue weighted by atomic mass is 35.5. The number of halogens is 2. The quantitative estimate of drug-likeness (QED) is 0.381. The average molecular weight is 501 g/mol. The molecule has 0 saturated heterocycles. The van der Waals surface area contributed by atoms with Crippen molar-refractivity contribution in [1.82, 2.24) is 0 Å². The van der Waals surface area contributed by atoms with E-state index in [1.165, 1.54) is 11.3 Å². The molecule has 174 valence electrons. The number of carbonyl (C=O) groups is 3. The van der Waals surface area contributed by atoms with Crippen LogP contribution in [0.3, 0.4) is 0 Å². The lowest BCUT2D eigenvalue weighted by atomic mass is 10.0. The van der Waals surface area contributed by atoms with Gasteiger partial charge in [-0.15, -0.1) is 11.3 Å². The Hall–Kier alpha value is -2.33. The first-order chi connectivity index (χ1) is 14.7. The molecular formula is C21H26Cl2N4O4S. The second-order valence-electron chi connectivity index (χ2n) is 7.69. The lowest BCUT2D eigenvalue weighted by Gasteiger charge is -2.37. The Morgan fingerprint density at radius 2 is 1.91 bits per heavy atom. The third kappa shape index (κ3) is 6.35. The van der Waals surface area contributed by atoms with E-state index in [1.807, 2.05) is 0 Å². The van der Waals surface area contributed by atoms with E-state index in [-0.39, 0.29) is 18.4 Å². The van der Waals surface area contributed by atoms with Crippen LogP contribution in [0, 0.1) is 0 Å². The second kappa shape index (κ2) is 11.0. The van der Waals surface area contributed by atoms with Crippen LogP contribution in [0.4, 0.5) is 15.5 Å². The van der Waals surface area contributed by atoms with Crippen LogP contribution in [0.5, 0.6) is 0 Å². The Morgan fingerprint density at radius 1 is 1.22 bits per heavy atom. The molecule has 11 heteroatoms. The van der Waals surface area contributed by atoms with Crippen LogP contribution in [-0.4, -0.2) is 49.1 Å². The number of anilines is 2. The number of likely N-dealkylation sites (N-methyl/N-ethyl adjacent to an activating group) is 1. The summed E-state index contributed by atoms with van der Waals surface area (Å²) in [6, 6.07) is 6.24. The van der Waals surface area contributed by atoms with Gasteiger partial charge in [-0.2, -0.15) is 0 Å². The summed E-state index contributed by atoms with van der Waals surface area (Å²) < 4.78 is 5.69. The average Bonchev–Trinajstić information content (AvgIpc) is 3.05. The van der Waals surface area contributed by atoms with E-state index >= 15 is 0 Å². The van der Waals surface area contributed by atoms with E-state index in [2.05, 4.69) is 17.7 Å². The molecule has 0 spiro atoms. The number of hydrogen-bond donors (Lipinski definition) is 3. The molecule has 2 aromatic rings. The number of carbonyl (C=O) groups excluding carboxylic acids is 3. The van der Waals surface area contributed by atoms with Crippen molar-refractivity contribution in [3.05, 3.63) is 45.3 Å². The Balaban J connectivity index is 0.00000363. The zero-order chi connectivity index (χ0) is 22.6. The SMILES string of the molecule is CCOC(=O)CC[N+]1(C)CCc2c(sc(NC(=O)Nc3ccc(Cl)cc3)c2C(N)=O)C1.[Cl-]. The Morgan fingerprint density at radius 3 is 2.53 bits per heavy atom. The van der Waals surface area contributed by atoms with Crippen LogP contribution in [0.1, 0.15) is 34.1 Å². The van der Waals surface area contributed by atoms with Gasteiger partial charge >= 0.3 is 12.0 Å². The van der Waals surface area contributed by atoms with Crippen molar-refractivity contribution in [3.8, 4) is 0 Å². The van der Waals surface area contributed by atoms with E-state index in [4.69, 9.17) is 22.1 Å². The number of fused-ring (bicyclic) bond motifs is 1. The van der Waals surface area contributed by atoms with Crippen molar-refractivity contribution in [2.24, 2.45) is 5.73 Å². The summed E-state index contributed by atoms with van der Waals surface area (Å²) >= 11 is 7.22. The maximum atomic E-state index is 12.5. The Labute approximate surface area is 202 Å². The minimum atomic E-state index is -0.568. The summed E-state index contributed by atoms with van der Waals surface area (Å²) in [5.41, 5.74) is 7.46. The number of rotatable bonds is 7. The number of primary amides is 1. The van der Waals surface area contributed by atoms with Crippen LogP contribution in [0.2, 0.25) is 5.02 Å². The fraction of sp³-hybridized carbons (Fsp3) is 0.381. The van der Waals surface area contributed by atoms with E-state index in [1.54, 1.807) is 31.2 Å². The smallest absolute Gasteiger partial charge is 0.324 e. The minimum absolute atomic E-state index is 0. The lowest BCUT2D eigenvalue weighted by Crippen LogP contribution is -3.00. The maximum Gasteiger partial charge on any atom is 0.324 e. The van der Waals surface area contributed by atoms with Gasteiger partial charge in [0.25, 0.3) is 5.91 Å². The monoisotopic (exact) mass is 500 g/mol. The number of benzene rings is 1. The van der Waals surface area contributed by atoms with Gasteiger partial charge in [0.15, 0.2) is 0 Å². The van der Waals surface area contributed by atoms with Crippen LogP contribution in [0.15, 0.2) is 24.3 Å². The van der Waals surface area contributed by atoms with Crippen molar-refractivity contribution in [2.75, 3.05) is 37.4 Å². The van der Waals surface area contributed by atoms with E-state index in [9.17, 15) is 14.4 Å². The molecule has 0 bridgehead atoms. The van der Waals surface area contributed by atoms with Crippen LogP contribution in [0.25, 0.3) is 0 Å². The highest BCUT2D eigenvalue weighted by Crippen LogP contribution is 2.38. The molecule has 1 unspecified atom stereocenters. The summed E-state index contributed by atoms with van der Waals surface area (Å²) in [5, 5.41) is 6.48. The molecule has 0 fully saturated rings. The van der Waals surface area contributed by atoms with E-state index in [0.717, 1.165) is 17.0 Å². The molecule has 0 radical (unpaired) electrons. The van der Waals surface area contributed by atoms with Gasteiger partial charge < -0.3 is 32.7 Å². The molecule has 4 N–H and O–H groups in total. The molecule has 32 heavy (non-hydrogen) atoms. The summed E-state index contributed by atoms with van der Waals surface area (Å²) in [7, 11) is 2.08. The summed E-state index contributed by atoms with van der Waals surface area (Å²) in [6.45, 7) is 4.21. The predicted octanol–water partition coefficient (Wildman–Crippen LogP) is 0.604. The van der Waals surface area contributed by atoms with Crippen molar-refractivity contribution in [3.63, 3.8) is 0 Å². The van der Waals surface area contributed by atoms with Gasteiger partial charge in [0.2, 0.25) is 0 Å². The summed E-state index contributed by atoms with van der Waals surface area (Å²) in [4.78, 5) is 37.4. The first-order valence-electron chi connectivity index (χ1n) is 9.98. The number of ether oxygens (including phenoxy) is 1. The van der Waals surface area contributed by atoms with Gasteiger partial charge in [-0.1, -0.05) is 11.6 Å². The molecule has 1 aromatic heterocycles. The summed E-state index contributed by atoms with van der Waals surface area (Å²) in [6.07, 6.45) is 0.978. The zero-order valence-electron chi connectivity index (χ0n) is 17.9. The zero-order valence-corrected chi connectivity index (χ0v) is 20.2. The van der Waals surface area contributed by atoms with Gasteiger partial charge in [0.05, 0.1) is 43.6 Å². The standard InChI is InChI=1S/C21H25ClN4O4S.ClH/c1-3-30-17(27)9-11-26(2)10-8-15-16(12-26)31-20(18(15)19(23)28)25-21(29)24-14-6-4-13(22)5-7-14;/h4-7H,3,8-12H2,1-2H3,(H3-,23,24,25,28,29);1H. The first-order valence-corrected chi connectivity index (χ1v) is 11.2. The molecule has 3 rings (SSSR count). The van der Waals surface area contributed by atoms with Gasteiger partial charge in [-0.3, -0.25) is 14.9 Å². The van der Waals surface area contributed by atoms with Crippen molar-refractivity contribution in [2.45, 2.75) is 26.3 Å². The van der Waals surface area contributed by atoms with Crippen molar-refractivity contribution < 1.29 is 36.0 Å². The third-order valence-corrected chi connectivity index (χ3v) is 6.64. The normalized spacial score (nSPS) is 17.0. The molecule has 0 saturated carbocycles. The van der Waals surface area contributed by atoms with Crippen molar-refractivity contribution >= 4 is 51.5 Å². The van der Waals surface area contributed by atoms with Crippen LogP contribution < -0.4 is 28.8 Å². The third-order valence-electron chi connectivity index (χ3n) is 5.25. The molecule has 3 amide bonds. The van der Waals surface area contributed by atoms with Crippen LogP contribution in [-0.2, 0) is 22.5 Å². The number of nitrogens with zero attached hydrogens (tertiary/aromatic N) is 1. The fourth-order valence-corrected chi connectivity index (χ4v) is 5.19. The number of nitrogens with one attached hydrogen (secondary N) is 2. The van der Waals surface area contributed by atoms with E-state index < -0.39 is 11.9 Å². The number of esters is 1. The van der Waals surface area contributed by atoms with Gasteiger partial charge in [0.1, 0.15) is 11.5 Å². The highest BCUT2D eigenvalue weighted by Gasteiger charge is 2.35. The minimum Gasteiger partial charge on any atom is -1.00 e. The fourth-order valence-electron chi connectivity index (χ4n) is 3.64. The number of amides is 3. The first kappa shape index (κ1) is 25.9. The number of nitrogens with two attached hydrogens (primary N) is 1.